The van der Waals surface area contributed by atoms with Gasteiger partial charge in [0.25, 0.3) is 0 Å². The highest BCUT2D eigenvalue weighted by Gasteiger charge is 2.11. The van der Waals surface area contributed by atoms with Crippen LogP contribution in [0.15, 0.2) is 23.7 Å². The molecule has 3 N–H and O–H groups in total. The number of carbonyl (C=O) groups is 1. The van der Waals surface area contributed by atoms with E-state index < -0.39 is 0 Å². The van der Waals surface area contributed by atoms with Gasteiger partial charge in [0.1, 0.15) is 0 Å². The number of hydrogen-bond donors (Lipinski definition) is 2. The summed E-state index contributed by atoms with van der Waals surface area (Å²) in [6.07, 6.45) is 0. The van der Waals surface area contributed by atoms with Gasteiger partial charge in [-0.25, -0.2) is 4.98 Å². The number of aryl methyl sites for hydroxylation is 1. The average Bonchev–Trinajstić information content (AvgIpc) is 2.80. The Kier molecular flexibility index (Phi) is 4.93. The van der Waals surface area contributed by atoms with E-state index in [4.69, 9.17) is 5.73 Å². The van der Waals surface area contributed by atoms with E-state index in [1.165, 1.54) is 4.88 Å². The van der Waals surface area contributed by atoms with Crippen LogP contribution in [0.3, 0.4) is 0 Å². The predicted octanol–water partition coefficient (Wildman–Crippen LogP) is 2.41. The van der Waals surface area contributed by atoms with E-state index in [1.54, 1.807) is 11.3 Å². The molecule has 1 aromatic carbocycles. The predicted molar refractivity (Wildman–Crippen MR) is 87.4 cm³/mol. The van der Waals surface area contributed by atoms with Crippen molar-refractivity contribution in [1.29, 1.82) is 0 Å². The van der Waals surface area contributed by atoms with Gasteiger partial charge in [-0.15, -0.1) is 11.3 Å². The molecule has 0 fully saturated rings. The Morgan fingerprint density at radius 1 is 1.43 bits per heavy atom. The molecule has 0 radical (unpaired) electrons. The van der Waals surface area contributed by atoms with Crippen molar-refractivity contribution in [2.24, 2.45) is 0 Å². The second-order valence-electron chi connectivity index (χ2n) is 5.10. The SMILES string of the molecule is Cc1ncsc1CN(C)CC(=O)Nc1cccc(N)c1C. The van der Waals surface area contributed by atoms with Crippen molar-refractivity contribution in [2.45, 2.75) is 20.4 Å². The number of nitrogen functional groups attached to an aromatic ring is 1. The number of rotatable bonds is 5. The second kappa shape index (κ2) is 6.69. The van der Waals surface area contributed by atoms with Crippen molar-refractivity contribution >= 4 is 28.6 Å². The van der Waals surface area contributed by atoms with Crippen LogP contribution in [-0.2, 0) is 11.3 Å². The van der Waals surface area contributed by atoms with Crippen LogP contribution in [-0.4, -0.2) is 29.4 Å². The number of nitrogens with two attached hydrogens (primary N) is 1. The van der Waals surface area contributed by atoms with Gasteiger partial charge in [-0.2, -0.15) is 0 Å². The Hall–Kier alpha value is -1.92. The number of nitrogens with zero attached hydrogens (tertiary/aromatic N) is 2. The van der Waals surface area contributed by atoms with Crippen molar-refractivity contribution in [3.63, 3.8) is 0 Å². The van der Waals surface area contributed by atoms with Crippen LogP contribution in [0, 0.1) is 13.8 Å². The molecule has 112 valence electrons. The molecule has 6 heteroatoms. The Morgan fingerprint density at radius 2 is 2.19 bits per heavy atom. The van der Waals surface area contributed by atoms with E-state index in [-0.39, 0.29) is 5.91 Å². The van der Waals surface area contributed by atoms with Gasteiger partial charge < -0.3 is 11.1 Å². The first kappa shape index (κ1) is 15.5. The molecule has 0 aliphatic carbocycles. The molecule has 1 aromatic heterocycles. The molecule has 1 amide bonds. The summed E-state index contributed by atoms with van der Waals surface area (Å²) in [7, 11) is 1.92. The number of likely N-dealkylation sites (N-methyl/N-ethyl adjacent to an activating group) is 1. The lowest BCUT2D eigenvalue weighted by Crippen LogP contribution is -2.30. The summed E-state index contributed by atoms with van der Waals surface area (Å²) in [5.74, 6) is -0.0478. The maximum absolute atomic E-state index is 12.1. The largest absolute Gasteiger partial charge is 0.398 e. The van der Waals surface area contributed by atoms with Crippen LogP contribution >= 0.6 is 11.3 Å². The smallest absolute Gasteiger partial charge is 0.238 e. The fourth-order valence-electron chi connectivity index (χ4n) is 2.00. The van der Waals surface area contributed by atoms with Crippen molar-refractivity contribution in [3.8, 4) is 0 Å². The maximum atomic E-state index is 12.1. The highest BCUT2D eigenvalue weighted by Crippen LogP contribution is 2.20. The van der Waals surface area contributed by atoms with Crippen molar-refractivity contribution in [3.05, 3.63) is 39.8 Å². The maximum Gasteiger partial charge on any atom is 0.238 e. The lowest BCUT2D eigenvalue weighted by atomic mass is 10.1. The van der Waals surface area contributed by atoms with Crippen LogP contribution in [0.4, 0.5) is 11.4 Å². The summed E-state index contributed by atoms with van der Waals surface area (Å²) >= 11 is 1.61. The monoisotopic (exact) mass is 304 g/mol. The Bertz CT molecular complexity index is 638. The fourth-order valence-corrected chi connectivity index (χ4v) is 2.86. The number of benzene rings is 1. The lowest BCUT2D eigenvalue weighted by Gasteiger charge is -2.16. The van der Waals surface area contributed by atoms with Gasteiger partial charge in [0.2, 0.25) is 5.91 Å². The van der Waals surface area contributed by atoms with Crippen molar-refractivity contribution in [1.82, 2.24) is 9.88 Å². The third-order valence-corrected chi connectivity index (χ3v) is 4.24. The van der Waals surface area contributed by atoms with E-state index in [1.807, 2.05) is 49.5 Å². The quantitative estimate of drug-likeness (QED) is 0.832. The molecule has 0 saturated heterocycles. The van der Waals surface area contributed by atoms with Crippen LogP contribution in [0.5, 0.6) is 0 Å². The second-order valence-corrected chi connectivity index (χ2v) is 6.04. The third kappa shape index (κ3) is 4.03. The normalized spacial score (nSPS) is 10.9. The number of aromatic nitrogens is 1. The summed E-state index contributed by atoms with van der Waals surface area (Å²) in [6, 6.07) is 5.52. The number of carbonyl (C=O) groups excluding carboxylic acids is 1. The van der Waals surface area contributed by atoms with Crippen molar-refractivity contribution < 1.29 is 4.79 Å². The minimum Gasteiger partial charge on any atom is -0.398 e. The molecule has 2 aromatic rings. The van der Waals surface area contributed by atoms with Gasteiger partial charge in [-0.05, 0) is 38.6 Å². The summed E-state index contributed by atoms with van der Waals surface area (Å²) < 4.78 is 0. The minimum atomic E-state index is -0.0478. The minimum absolute atomic E-state index is 0.0478. The Labute approximate surface area is 128 Å². The molecule has 0 saturated carbocycles. The lowest BCUT2D eigenvalue weighted by molar-refractivity contribution is -0.117. The average molecular weight is 304 g/mol. The molecule has 0 unspecified atom stereocenters. The summed E-state index contributed by atoms with van der Waals surface area (Å²) in [5, 5.41) is 2.90. The van der Waals surface area contributed by atoms with Gasteiger partial charge in [-0.3, -0.25) is 9.69 Å². The first-order chi connectivity index (χ1) is 9.97. The van der Waals surface area contributed by atoms with E-state index in [2.05, 4.69) is 10.3 Å². The molecule has 0 atom stereocenters. The number of amides is 1. The van der Waals surface area contributed by atoms with E-state index in [0.717, 1.165) is 23.5 Å². The third-order valence-electron chi connectivity index (χ3n) is 3.32. The molecule has 5 nitrogen and oxygen atoms in total. The van der Waals surface area contributed by atoms with Crippen molar-refractivity contribution in [2.75, 3.05) is 24.6 Å². The summed E-state index contributed by atoms with van der Waals surface area (Å²) in [4.78, 5) is 19.5. The molecular weight excluding hydrogens is 284 g/mol. The topological polar surface area (TPSA) is 71.2 Å². The summed E-state index contributed by atoms with van der Waals surface area (Å²) in [6.45, 7) is 4.93. The van der Waals surface area contributed by atoms with E-state index in [9.17, 15) is 4.79 Å². The standard InChI is InChI=1S/C15H20N4OS/c1-10-12(16)5-4-6-13(10)18-15(20)8-19(3)7-14-11(2)17-9-21-14/h4-6,9H,7-8,16H2,1-3H3,(H,18,20). The molecule has 0 aliphatic rings. The fraction of sp³-hybridized carbons (Fsp3) is 0.333. The Balaban J connectivity index is 1.92. The zero-order chi connectivity index (χ0) is 15.4. The first-order valence-electron chi connectivity index (χ1n) is 6.70. The van der Waals surface area contributed by atoms with Gasteiger partial charge in [0.05, 0.1) is 17.7 Å². The molecule has 0 spiro atoms. The molecule has 1 heterocycles. The number of nitrogens with one attached hydrogen (secondary N) is 1. The zero-order valence-electron chi connectivity index (χ0n) is 12.5. The van der Waals surface area contributed by atoms with Gasteiger partial charge in [-0.1, -0.05) is 6.07 Å². The molecule has 2 rings (SSSR count). The van der Waals surface area contributed by atoms with E-state index >= 15 is 0 Å². The first-order valence-corrected chi connectivity index (χ1v) is 7.57. The van der Waals surface area contributed by atoms with Crippen LogP contribution in [0.1, 0.15) is 16.1 Å². The molecule has 0 bridgehead atoms. The number of thiazole rings is 1. The van der Waals surface area contributed by atoms with Crippen LogP contribution in [0.2, 0.25) is 0 Å². The van der Waals surface area contributed by atoms with E-state index in [0.29, 0.717) is 12.2 Å². The highest BCUT2D eigenvalue weighted by molar-refractivity contribution is 7.09. The molecular formula is C15H20N4OS. The van der Waals surface area contributed by atoms with Gasteiger partial charge in [0, 0.05) is 22.8 Å². The van der Waals surface area contributed by atoms with Crippen LogP contribution in [0.25, 0.3) is 0 Å². The van der Waals surface area contributed by atoms with Gasteiger partial charge >= 0.3 is 0 Å². The highest BCUT2D eigenvalue weighted by atomic mass is 32.1. The van der Waals surface area contributed by atoms with Crippen LogP contribution < -0.4 is 11.1 Å². The van der Waals surface area contributed by atoms with Gasteiger partial charge in [0.15, 0.2) is 0 Å². The zero-order valence-corrected chi connectivity index (χ0v) is 13.3. The molecule has 0 aliphatic heterocycles. The number of anilines is 2. The molecule has 21 heavy (non-hydrogen) atoms. The number of hydrogen-bond acceptors (Lipinski definition) is 5. The summed E-state index contributed by atoms with van der Waals surface area (Å²) in [5.41, 5.74) is 11.0. The Morgan fingerprint density at radius 3 is 2.86 bits per heavy atom.